The lowest BCUT2D eigenvalue weighted by Gasteiger charge is -2.22. The van der Waals surface area contributed by atoms with E-state index in [1.54, 1.807) is 12.1 Å². The van der Waals surface area contributed by atoms with E-state index in [9.17, 15) is 34.2 Å². The van der Waals surface area contributed by atoms with E-state index >= 15 is 0 Å². The van der Waals surface area contributed by atoms with Gasteiger partial charge in [-0.05, 0) is 50.3 Å². The molecule has 6 N–H and O–H groups in total. The molecule has 0 aromatic heterocycles. The molecule has 0 radical (unpaired) electrons. The molecule has 0 unspecified atom stereocenters. The fourth-order valence-electron chi connectivity index (χ4n) is 3.43. The summed E-state index contributed by atoms with van der Waals surface area (Å²) >= 11 is 0. The van der Waals surface area contributed by atoms with E-state index in [4.69, 9.17) is 5.73 Å². The number of hydrogen-bond acceptors (Lipinski definition) is 7. The number of ketones is 2. The molecule has 35 heavy (non-hydrogen) atoms. The third-order valence-corrected chi connectivity index (χ3v) is 5.53. The molecule has 0 aliphatic rings. The number of Topliss-reactive ketones (excluding diaryl/α,β-unsaturated/α-hetero) is 2. The largest absolute Gasteiger partial charge is 0.508 e. The van der Waals surface area contributed by atoms with Crippen LogP contribution in [0.1, 0.15) is 58.9 Å². The number of phenolic OH excluding ortho intramolecular Hbond substituents is 1. The lowest BCUT2D eigenvalue weighted by atomic mass is 9.91. The number of amides is 2. The van der Waals surface area contributed by atoms with Gasteiger partial charge in [-0.2, -0.15) is 0 Å². The monoisotopic (exact) mass is 491 g/mol. The van der Waals surface area contributed by atoms with Gasteiger partial charge in [0.2, 0.25) is 11.8 Å². The maximum Gasteiger partial charge on any atom is 0.326 e. The third-order valence-electron chi connectivity index (χ3n) is 5.53. The molecule has 0 aliphatic heterocycles. The van der Waals surface area contributed by atoms with E-state index < -0.39 is 47.6 Å². The van der Waals surface area contributed by atoms with E-state index in [1.807, 2.05) is 13.8 Å². The zero-order chi connectivity index (χ0) is 26.7. The average Bonchev–Trinajstić information content (AvgIpc) is 2.77. The minimum atomic E-state index is -1.16. The predicted molar refractivity (Wildman–Crippen MR) is 129 cm³/mol. The van der Waals surface area contributed by atoms with Gasteiger partial charge in [-0.25, -0.2) is 4.79 Å². The molecule has 0 aliphatic carbocycles. The van der Waals surface area contributed by atoms with E-state index in [1.165, 1.54) is 26.0 Å². The van der Waals surface area contributed by atoms with E-state index in [-0.39, 0.29) is 49.6 Å². The molecule has 10 heteroatoms. The number of rotatable bonds is 15. The Morgan fingerprint density at radius 2 is 1.51 bits per heavy atom. The normalized spacial score (nSPS) is 14.5. The lowest BCUT2D eigenvalue weighted by molar-refractivity contribution is -0.143. The molecule has 2 amide bonds. The van der Waals surface area contributed by atoms with Gasteiger partial charge in [0.05, 0.1) is 12.1 Å². The van der Waals surface area contributed by atoms with Gasteiger partial charge >= 0.3 is 5.97 Å². The van der Waals surface area contributed by atoms with Gasteiger partial charge in [0.25, 0.3) is 0 Å². The van der Waals surface area contributed by atoms with Crippen LogP contribution in [-0.2, 0) is 30.4 Å². The first-order valence-corrected chi connectivity index (χ1v) is 11.7. The molecule has 4 atom stereocenters. The van der Waals surface area contributed by atoms with E-state index in [0.717, 1.165) is 0 Å². The van der Waals surface area contributed by atoms with Crippen LogP contribution in [0.25, 0.3) is 0 Å². The fourth-order valence-corrected chi connectivity index (χ4v) is 3.43. The van der Waals surface area contributed by atoms with Crippen LogP contribution in [-0.4, -0.2) is 57.7 Å². The van der Waals surface area contributed by atoms with Crippen molar-refractivity contribution in [3.05, 3.63) is 29.8 Å². The second kappa shape index (κ2) is 14.2. The Labute approximate surface area is 205 Å². The Kier molecular flexibility index (Phi) is 12.1. The van der Waals surface area contributed by atoms with E-state index in [0.29, 0.717) is 5.56 Å². The Bertz CT molecular complexity index is 897. The molecule has 0 saturated heterocycles. The maximum atomic E-state index is 13.0. The summed E-state index contributed by atoms with van der Waals surface area (Å²) in [5, 5.41) is 24.1. The summed E-state index contributed by atoms with van der Waals surface area (Å²) in [6, 6.07) is 3.46. The predicted octanol–water partition coefficient (Wildman–Crippen LogP) is 1.33. The van der Waals surface area contributed by atoms with Crippen LogP contribution >= 0.6 is 0 Å². The van der Waals surface area contributed by atoms with Crippen molar-refractivity contribution in [3.8, 4) is 5.75 Å². The molecule has 0 fully saturated rings. The topological polar surface area (TPSA) is 176 Å². The molecule has 1 aromatic rings. The van der Waals surface area contributed by atoms with Crippen LogP contribution in [0.4, 0.5) is 0 Å². The van der Waals surface area contributed by atoms with Crippen LogP contribution in [0, 0.1) is 11.8 Å². The van der Waals surface area contributed by atoms with Crippen LogP contribution in [0.3, 0.4) is 0 Å². The van der Waals surface area contributed by atoms with Crippen molar-refractivity contribution in [2.75, 3.05) is 0 Å². The molecule has 0 bridgehead atoms. The number of carbonyl (C=O) groups is 5. The molecule has 10 nitrogen and oxygen atoms in total. The molecular formula is C25H37N3O7. The molecule has 0 spiro atoms. The molecule has 1 aromatic carbocycles. The standard InChI is InChI=1S/C25H37N3O7/c1-14(2)11-20(25(34)35)28-24(33)18(12-17-5-7-19(29)8-6-17)13-22(31)16(4)27-23(32)10-9-21(30)15(3)26/h5-8,14-16,18,20,29H,9-13,26H2,1-4H3,(H,27,32)(H,28,33)(H,34,35)/t15-,16-,18+,20-/m0/s1. The number of carboxylic acid groups (broad SMARTS) is 1. The summed E-state index contributed by atoms with van der Waals surface area (Å²) in [7, 11) is 0. The zero-order valence-electron chi connectivity index (χ0n) is 20.7. The fraction of sp³-hybridized carbons (Fsp3) is 0.560. The molecular weight excluding hydrogens is 454 g/mol. The second-order valence-electron chi connectivity index (χ2n) is 9.31. The Morgan fingerprint density at radius 3 is 2.03 bits per heavy atom. The van der Waals surface area contributed by atoms with Crippen LogP contribution in [0.2, 0.25) is 0 Å². The van der Waals surface area contributed by atoms with Gasteiger partial charge in [-0.1, -0.05) is 26.0 Å². The van der Waals surface area contributed by atoms with Crippen molar-refractivity contribution in [1.82, 2.24) is 10.6 Å². The van der Waals surface area contributed by atoms with Crippen molar-refractivity contribution in [1.29, 1.82) is 0 Å². The Morgan fingerprint density at radius 1 is 0.914 bits per heavy atom. The van der Waals surface area contributed by atoms with Crippen molar-refractivity contribution in [2.45, 2.75) is 77.9 Å². The SMILES string of the molecule is CC(C)C[C@H](NC(=O)[C@@H](CC(=O)[C@H](C)NC(=O)CCC(=O)[C@H](C)N)Cc1ccc(O)cc1)C(=O)O. The third kappa shape index (κ3) is 11.1. The first kappa shape index (κ1) is 29.8. The van der Waals surface area contributed by atoms with Crippen molar-refractivity contribution < 1.29 is 34.2 Å². The highest BCUT2D eigenvalue weighted by molar-refractivity contribution is 5.94. The quantitative estimate of drug-likeness (QED) is 0.244. The van der Waals surface area contributed by atoms with Crippen molar-refractivity contribution >= 4 is 29.4 Å². The summed E-state index contributed by atoms with van der Waals surface area (Å²) < 4.78 is 0. The minimum Gasteiger partial charge on any atom is -0.508 e. The summed E-state index contributed by atoms with van der Waals surface area (Å²) in [6.45, 7) is 6.70. The van der Waals surface area contributed by atoms with Gasteiger partial charge in [-0.15, -0.1) is 0 Å². The van der Waals surface area contributed by atoms with Gasteiger partial charge < -0.3 is 26.6 Å². The number of nitrogens with two attached hydrogens (primary N) is 1. The Balaban J connectivity index is 2.91. The lowest BCUT2D eigenvalue weighted by Crippen LogP contribution is -2.46. The van der Waals surface area contributed by atoms with Gasteiger partial charge in [0, 0.05) is 25.2 Å². The highest BCUT2D eigenvalue weighted by Crippen LogP contribution is 2.18. The Hall–Kier alpha value is -3.27. The maximum absolute atomic E-state index is 13.0. The number of carboxylic acids is 1. The van der Waals surface area contributed by atoms with Gasteiger partial charge in [0.15, 0.2) is 5.78 Å². The van der Waals surface area contributed by atoms with Crippen LogP contribution in [0.15, 0.2) is 24.3 Å². The smallest absolute Gasteiger partial charge is 0.326 e. The number of phenols is 1. The summed E-state index contributed by atoms with van der Waals surface area (Å²) in [5.41, 5.74) is 6.16. The summed E-state index contributed by atoms with van der Waals surface area (Å²) in [5.74, 6) is -3.72. The number of aliphatic carboxylic acids is 1. The number of hydrogen-bond donors (Lipinski definition) is 5. The van der Waals surface area contributed by atoms with Crippen LogP contribution < -0.4 is 16.4 Å². The van der Waals surface area contributed by atoms with E-state index in [2.05, 4.69) is 10.6 Å². The number of aromatic hydroxyl groups is 1. The summed E-state index contributed by atoms with van der Waals surface area (Å²) in [6.07, 6.45) is -0.0163. The first-order valence-electron chi connectivity index (χ1n) is 11.7. The summed E-state index contributed by atoms with van der Waals surface area (Å²) in [4.78, 5) is 61.2. The number of carbonyl (C=O) groups excluding carboxylic acids is 4. The zero-order valence-corrected chi connectivity index (χ0v) is 20.7. The average molecular weight is 492 g/mol. The number of nitrogens with one attached hydrogen (secondary N) is 2. The molecule has 1 rings (SSSR count). The van der Waals surface area contributed by atoms with Crippen LogP contribution in [0.5, 0.6) is 5.75 Å². The molecule has 194 valence electrons. The van der Waals surface area contributed by atoms with Gasteiger partial charge in [-0.3, -0.25) is 19.2 Å². The van der Waals surface area contributed by atoms with Crippen molar-refractivity contribution in [3.63, 3.8) is 0 Å². The highest BCUT2D eigenvalue weighted by atomic mass is 16.4. The molecule has 0 saturated carbocycles. The first-order chi connectivity index (χ1) is 16.3. The van der Waals surface area contributed by atoms with Crippen molar-refractivity contribution in [2.24, 2.45) is 17.6 Å². The highest BCUT2D eigenvalue weighted by Gasteiger charge is 2.29. The second-order valence-corrected chi connectivity index (χ2v) is 9.31. The van der Waals surface area contributed by atoms with Gasteiger partial charge in [0.1, 0.15) is 17.6 Å². The minimum absolute atomic E-state index is 0.0259. The number of benzene rings is 1. The molecule has 0 heterocycles.